The molecule has 4 nitrogen and oxygen atoms in total. The van der Waals surface area contributed by atoms with Crippen LogP contribution in [-0.4, -0.2) is 19.1 Å². The number of rotatable bonds is 9. The van der Waals surface area contributed by atoms with E-state index in [0.717, 1.165) is 18.4 Å². The maximum Gasteiger partial charge on any atom is 0.220 e. The topological polar surface area (TPSA) is 62.1 Å². The summed E-state index contributed by atoms with van der Waals surface area (Å²) in [5.41, 5.74) is 1.66. The number of nitrogens with zero attached hydrogens (tertiary/aromatic N) is 1. The minimum atomic E-state index is -0.281. The van der Waals surface area contributed by atoms with Gasteiger partial charge in [-0.05, 0) is 61.2 Å². The molecule has 0 aliphatic rings. The lowest BCUT2D eigenvalue weighted by atomic mass is 10.1. The van der Waals surface area contributed by atoms with E-state index in [1.165, 1.54) is 12.1 Å². The third kappa shape index (κ3) is 7.05. The molecule has 2 aromatic rings. The van der Waals surface area contributed by atoms with Crippen molar-refractivity contribution < 1.29 is 13.9 Å². The van der Waals surface area contributed by atoms with Crippen LogP contribution in [0.2, 0.25) is 0 Å². The number of carbonyl (C=O) groups excluding carboxylic acids is 1. The van der Waals surface area contributed by atoms with Crippen LogP contribution in [-0.2, 0) is 11.2 Å². The molecule has 1 amide bonds. The van der Waals surface area contributed by atoms with Crippen molar-refractivity contribution in [3.8, 4) is 11.8 Å². The minimum Gasteiger partial charge on any atom is -0.494 e. The smallest absolute Gasteiger partial charge is 0.220 e. The molecule has 0 saturated heterocycles. The van der Waals surface area contributed by atoms with Crippen molar-refractivity contribution in [2.75, 3.05) is 13.2 Å². The van der Waals surface area contributed by atoms with Gasteiger partial charge >= 0.3 is 0 Å². The van der Waals surface area contributed by atoms with Gasteiger partial charge in [-0.25, -0.2) is 4.39 Å². The fourth-order valence-electron chi connectivity index (χ4n) is 2.27. The van der Waals surface area contributed by atoms with E-state index >= 15 is 0 Å². The van der Waals surface area contributed by atoms with E-state index in [4.69, 9.17) is 10.00 Å². The van der Waals surface area contributed by atoms with E-state index in [1.807, 2.05) is 12.1 Å². The molecule has 0 aliphatic heterocycles. The van der Waals surface area contributed by atoms with Gasteiger partial charge in [0.1, 0.15) is 11.6 Å². The lowest BCUT2D eigenvalue weighted by molar-refractivity contribution is -0.121. The predicted molar refractivity (Wildman–Crippen MR) is 93.6 cm³/mol. The molecule has 25 heavy (non-hydrogen) atoms. The third-order valence-electron chi connectivity index (χ3n) is 3.70. The molecule has 0 radical (unpaired) electrons. The highest BCUT2D eigenvalue weighted by atomic mass is 19.1. The van der Waals surface area contributed by atoms with Crippen molar-refractivity contribution in [3.63, 3.8) is 0 Å². The molecule has 0 atom stereocenters. The number of unbranched alkanes of at least 4 members (excludes halogenated alkanes) is 1. The molecular weight excluding hydrogens is 319 g/mol. The maximum atomic E-state index is 12.7. The monoisotopic (exact) mass is 340 g/mol. The van der Waals surface area contributed by atoms with Crippen LogP contribution < -0.4 is 10.1 Å². The molecule has 0 saturated carbocycles. The summed E-state index contributed by atoms with van der Waals surface area (Å²) in [6.45, 7) is 1.14. The van der Waals surface area contributed by atoms with Gasteiger partial charge in [0.05, 0.1) is 18.2 Å². The van der Waals surface area contributed by atoms with E-state index in [-0.39, 0.29) is 11.7 Å². The number of hydrogen-bond donors (Lipinski definition) is 1. The molecule has 1 N–H and O–H groups in total. The summed E-state index contributed by atoms with van der Waals surface area (Å²) in [5, 5.41) is 11.6. The Labute approximate surface area is 147 Å². The number of hydrogen-bond acceptors (Lipinski definition) is 3. The molecular formula is C20H21FN2O2. The molecule has 130 valence electrons. The molecule has 0 bridgehead atoms. The fraction of sp³-hybridized carbons (Fsp3) is 0.300. The van der Waals surface area contributed by atoms with Gasteiger partial charge in [-0.3, -0.25) is 4.79 Å². The molecule has 0 aliphatic carbocycles. The van der Waals surface area contributed by atoms with Crippen LogP contribution in [0, 0.1) is 17.1 Å². The molecule has 2 rings (SSSR count). The fourth-order valence-corrected chi connectivity index (χ4v) is 2.27. The highest BCUT2D eigenvalue weighted by molar-refractivity contribution is 5.76. The summed E-state index contributed by atoms with van der Waals surface area (Å²) in [6, 6.07) is 15.3. The minimum absolute atomic E-state index is 0.0174. The second-order valence-electron chi connectivity index (χ2n) is 5.67. The van der Waals surface area contributed by atoms with Gasteiger partial charge in [-0.2, -0.15) is 5.26 Å². The number of aryl methyl sites for hydroxylation is 1. The van der Waals surface area contributed by atoms with Gasteiger partial charge in [-0.15, -0.1) is 0 Å². The number of benzene rings is 2. The third-order valence-corrected chi connectivity index (χ3v) is 3.70. The Kier molecular flexibility index (Phi) is 7.45. The summed E-state index contributed by atoms with van der Waals surface area (Å²) in [5.74, 6) is 0.382. The molecule has 5 heteroatoms. The first kappa shape index (κ1) is 18.5. The molecule has 0 fully saturated rings. The normalized spacial score (nSPS) is 10.1. The largest absolute Gasteiger partial charge is 0.494 e. The SMILES string of the molecule is N#Cc1ccc(CCC(=O)NCCCCOc2ccc(F)cc2)cc1. The van der Waals surface area contributed by atoms with Gasteiger partial charge in [0.25, 0.3) is 0 Å². The number of nitrogens with one attached hydrogen (secondary N) is 1. The van der Waals surface area contributed by atoms with Gasteiger partial charge in [-0.1, -0.05) is 12.1 Å². The first-order chi connectivity index (χ1) is 12.2. The molecule has 0 unspecified atom stereocenters. The number of ether oxygens (including phenoxy) is 1. The molecule has 0 aromatic heterocycles. The number of nitriles is 1. The van der Waals surface area contributed by atoms with Crippen LogP contribution in [0.25, 0.3) is 0 Å². The average Bonchev–Trinajstić information content (AvgIpc) is 2.64. The Morgan fingerprint density at radius 1 is 1.08 bits per heavy atom. The van der Waals surface area contributed by atoms with Gasteiger partial charge < -0.3 is 10.1 Å². The summed E-state index contributed by atoms with van der Waals surface area (Å²) in [7, 11) is 0. The average molecular weight is 340 g/mol. The Morgan fingerprint density at radius 2 is 1.80 bits per heavy atom. The van der Waals surface area contributed by atoms with Crippen LogP contribution >= 0.6 is 0 Å². The van der Waals surface area contributed by atoms with Crippen molar-refractivity contribution in [3.05, 3.63) is 65.5 Å². The maximum absolute atomic E-state index is 12.7. The quantitative estimate of drug-likeness (QED) is 0.709. The first-order valence-corrected chi connectivity index (χ1v) is 8.31. The predicted octanol–water partition coefficient (Wildman–Crippen LogP) is 3.61. The van der Waals surface area contributed by atoms with Crippen molar-refractivity contribution >= 4 is 5.91 Å². The Hall–Kier alpha value is -2.87. The van der Waals surface area contributed by atoms with E-state index in [0.29, 0.717) is 37.3 Å². The van der Waals surface area contributed by atoms with Crippen LogP contribution in [0.15, 0.2) is 48.5 Å². The van der Waals surface area contributed by atoms with Gasteiger partial charge in [0.2, 0.25) is 5.91 Å². The zero-order valence-electron chi connectivity index (χ0n) is 14.0. The lowest BCUT2D eigenvalue weighted by Gasteiger charge is -2.07. The van der Waals surface area contributed by atoms with E-state index in [1.54, 1.807) is 24.3 Å². The summed E-state index contributed by atoms with van der Waals surface area (Å²) in [4.78, 5) is 11.8. The summed E-state index contributed by atoms with van der Waals surface area (Å²) >= 11 is 0. The van der Waals surface area contributed by atoms with Gasteiger partial charge in [0, 0.05) is 13.0 Å². The number of carbonyl (C=O) groups is 1. The van der Waals surface area contributed by atoms with Crippen molar-refractivity contribution in [1.82, 2.24) is 5.32 Å². The van der Waals surface area contributed by atoms with Crippen LogP contribution in [0.5, 0.6) is 5.75 Å². The Morgan fingerprint density at radius 3 is 2.48 bits per heavy atom. The van der Waals surface area contributed by atoms with E-state index in [2.05, 4.69) is 11.4 Å². The second-order valence-corrected chi connectivity index (χ2v) is 5.67. The van der Waals surface area contributed by atoms with Crippen LogP contribution in [0.1, 0.15) is 30.4 Å². The standard InChI is InChI=1S/C20H21FN2O2/c21-18-8-10-19(11-9-18)25-14-2-1-13-23-20(24)12-7-16-3-5-17(15-22)6-4-16/h3-6,8-11H,1-2,7,12-14H2,(H,23,24). The zero-order chi connectivity index (χ0) is 17.9. The van der Waals surface area contributed by atoms with Crippen molar-refractivity contribution in [2.45, 2.75) is 25.7 Å². The van der Waals surface area contributed by atoms with E-state index in [9.17, 15) is 9.18 Å². The lowest BCUT2D eigenvalue weighted by Crippen LogP contribution is -2.24. The molecule has 0 heterocycles. The highest BCUT2D eigenvalue weighted by Gasteiger charge is 2.02. The summed E-state index contributed by atoms with van der Waals surface area (Å²) in [6.07, 6.45) is 2.72. The van der Waals surface area contributed by atoms with Crippen molar-refractivity contribution in [2.24, 2.45) is 0 Å². The zero-order valence-corrected chi connectivity index (χ0v) is 14.0. The summed E-state index contributed by atoms with van der Waals surface area (Å²) < 4.78 is 18.2. The highest BCUT2D eigenvalue weighted by Crippen LogP contribution is 2.11. The van der Waals surface area contributed by atoms with Crippen LogP contribution in [0.3, 0.4) is 0 Å². The van der Waals surface area contributed by atoms with Crippen LogP contribution in [0.4, 0.5) is 4.39 Å². The van der Waals surface area contributed by atoms with Crippen molar-refractivity contribution in [1.29, 1.82) is 5.26 Å². The second kappa shape index (κ2) is 10.1. The van der Waals surface area contributed by atoms with E-state index < -0.39 is 0 Å². The molecule has 2 aromatic carbocycles. The number of halogens is 1. The molecule has 0 spiro atoms. The number of amides is 1. The van der Waals surface area contributed by atoms with Gasteiger partial charge in [0.15, 0.2) is 0 Å². The first-order valence-electron chi connectivity index (χ1n) is 8.31. The Bertz CT molecular complexity index is 706. The Balaban J connectivity index is 1.53.